The van der Waals surface area contributed by atoms with Crippen LogP contribution in [0.15, 0.2) is 188 Å². The van der Waals surface area contributed by atoms with Gasteiger partial charge in [-0.3, -0.25) is 9.97 Å². The molecule has 4 heteroatoms. The molecular formula is C55H49N3O. The Bertz CT molecular complexity index is 2660. The van der Waals surface area contributed by atoms with Crippen molar-refractivity contribution in [3.63, 3.8) is 0 Å². The molecule has 0 N–H and O–H groups in total. The first-order valence-corrected chi connectivity index (χ1v) is 20.5. The molecule has 9 rings (SSSR count). The molecule has 290 valence electrons. The molecule has 0 saturated heterocycles. The van der Waals surface area contributed by atoms with Crippen molar-refractivity contribution in [1.29, 1.82) is 0 Å². The number of ether oxygens (including phenoxy) is 1. The van der Waals surface area contributed by atoms with Crippen LogP contribution in [-0.4, -0.2) is 9.97 Å². The van der Waals surface area contributed by atoms with Crippen molar-refractivity contribution in [2.75, 3.05) is 4.90 Å². The molecule has 0 bridgehead atoms. The lowest BCUT2D eigenvalue weighted by atomic mass is 9.68. The van der Waals surface area contributed by atoms with E-state index >= 15 is 0 Å². The van der Waals surface area contributed by atoms with Crippen molar-refractivity contribution in [1.82, 2.24) is 9.97 Å². The first-order chi connectivity index (χ1) is 28.5. The van der Waals surface area contributed by atoms with Gasteiger partial charge < -0.3 is 9.64 Å². The first-order valence-electron chi connectivity index (χ1n) is 20.5. The van der Waals surface area contributed by atoms with Gasteiger partial charge in [-0.1, -0.05) is 145 Å². The molecule has 0 spiro atoms. The van der Waals surface area contributed by atoms with E-state index in [0.29, 0.717) is 0 Å². The van der Waals surface area contributed by atoms with Crippen LogP contribution < -0.4 is 9.64 Å². The summed E-state index contributed by atoms with van der Waals surface area (Å²) >= 11 is 0. The van der Waals surface area contributed by atoms with Crippen LogP contribution in [-0.2, 0) is 16.2 Å². The third kappa shape index (κ3) is 6.99. The molecule has 8 aromatic rings. The molecule has 0 radical (unpaired) electrons. The summed E-state index contributed by atoms with van der Waals surface area (Å²) in [6.45, 7) is 13.7. The topological polar surface area (TPSA) is 38.2 Å². The Kier molecular flexibility index (Phi) is 9.52. The number of anilines is 3. The van der Waals surface area contributed by atoms with Crippen LogP contribution in [0, 0.1) is 0 Å². The molecule has 6 aromatic carbocycles. The van der Waals surface area contributed by atoms with E-state index in [0.717, 1.165) is 51.1 Å². The Hall–Kier alpha value is -6.78. The Balaban J connectivity index is 1.14. The van der Waals surface area contributed by atoms with Crippen LogP contribution in [0.25, 0.3) is 22.4 Å². The third-order valence-corrected chi connectivity index (χ3v) is 11.6. The standard InChI is InChI=1S/C55H49N3O/c1-53(2,3)39-26-28-47-48-29-27-40(54(4,5)6)36-50(48)55(49(47)35-39,52-25-13-14-31-57-52)41-18-16-24-46(34-41)59-45-23-15-17-38(33-45)51-37-44(30-32-56-51)58(42-19-9-7-10-20-42)43-21-11-8-12-22-43/h7-37H,1-6H3. The summed E-state index contributed by atoms with van der Waals surface area (Å²) in [5.74, 6) is 1.49. The van der Waals surface area contributed by atoms with Gasteiger partial charge in [0.1, 0.15) is 11.5 Å². The highest BCUT2D eigenvalue weighted by atomic mass is 16.5. The van der Waals surface area contributed by atoms with Gasteiger partial charge in [-0.15, -0.1) is 0 Å². The second-order valence-corrected chi connectivity index (χ2v) is 17.5. The number of fused-ring (bicyclic) bond motifs is 3. The third-order valence-electron chi connectivity index (χ3n) is 11.6. The predicted molar refractivity (Wildman–Crippen MR) is 243 cm³/mol. The molecule has 0 unspecified atom stereocenters. The summed E-state index contributed by atoms with van der Waals surface area (Å²) in [7, 11) is 0. The summed E-state index contributed by atoms with van der Waals surface area (Å²) in [5.41, 5.74) is 13.9. The van der Waals surface area contributed by atoms with E-state index in [4.69, 9.17) is 14.7 Å². The van der Waals surface area contributed by atoms with Crippen molar-refractivity contribution in [3.05, 3.63) is 222 Å². The van der Waals surface area contributed by atoms with Crippen LogP contribution in [0.2, 0.25) is 0 Å². The molecule has 59 heavy (non-hydrogen) atoms. The van der Waals surface area contributed by atoms with Gasteiger partial charge in [0, 0.05) is 35.0 Å². The smallest absolute Gasteiger partial charge is 0.128 e. The van der Waals surface area contributed by atoms with E-state index in [1.807, 2.05) is 48.8 Å². The van der Waals surface area contributed by atoms with E-state index in [1.54, 1.807) is 0 Å². The quantitative estimate of drug-likeness (QED) is 0.154. The molecule has 1 aliphatic carbocycles. The van der Waals surface area contributed by atoms with Crippen LogP contribution in [0.4, 0.5) is 17.1 Å². The molecule has 1 aliphatic rings. The maximum absolute atomic E-state index is 6.81. The normalized spacial score (nSPS) is 13.1. The number of hydrogen-bond acceptors (Lipinski definition) is 4. The van der Waals surface area contributed by atoms with Gasteiger partial charge in [0.25, 0.3) is 0 Å². The Morgan fingerprint density at radius 3 is 1.61 bits per heavy atom. The van der Waals surface area contributed by atoms with Gasteiger partial charge >= 0.3 is 0 Å². The molecule has 2 aromatic heterocycles. The van der Waals surface area contributed by atoms with Crippen LogP contribution in [0.5, 0.6) is 11.5 Å². The number of aromatic nitrogens is 2. The maximum Gasteiger partial charge on any atom is 0.128 e. The van der Waals surface area contributed by atoms with Crippen LogP contribution in [0.1, 0.15) is 75.1 Å². The Morgan fingerprint density at radius 2 is 1.03 bits per heavy atom. The van der Waals surface area contributed by atoms with Crippen molar-refractivity contribution in [2.24, 2.45) is 0 Å². The zero-order valence-corrected chi connectivity index (χ0v) is 34.6. The summed E-state index contributed by atoms with van der Waals surface area (Å²) in [6.07, 6.45) is 3.80. The van der Waals surface area contributed by atoms with Gasteiger partial charge in [-0.2, -0.15) is 0 Å². The highest BCUT2D eigenvalue weighted by molar-refractivity contribution is 5.87. The van der Waals surface area contributed by atoms with E-state index in [-0.39, 0.29) is 10.8 Å². The number of rotatable bonds is 8. The summed E-state index contributed by atoms with van der Waals surface area (Å²) in [6, 6.07) is 62.3. The lowest BCUT2D eigenvalue weighted by Gasteiger charge is -2.34. The predicted octanol–water partition coefficient (Wildman–Crippen LogP) is 14.4. The van der Waals surface area contributed by atoms with Gasteiger partial charge in [0.2, 0.25) is 0 Å². The van der Waals surface area contributed by atoms with E-state index < -0.39 is 5.41 Å². The van der Waals surface area contributed by atoms with E-state index in [9.17, 15) is 0 Å². The van der Waals surface area contributed by atoms with Crippen LogP contribution >= 0.6 is 0 Å². The minimum atomic E-state index is -0.677. The van der Waals surface area contributed by atoms with Gasteiger partial charge in [0.05, 0.1) is 16.8 Å². The molecule has 0 saturated carbocycles. The fourth-order valence-electron chi connectivity index (χ4n) is 8.54. The number of para-hydroxylation sites is 2. The van der Waals surface area contributed by atoms with E-state index in [2.05, 4.69) is 186 Å². The minimum Gasteiger partial charge on any atom is -0.457 e. The second-order valence-electron chi connectivity index (χ2n) is 17.5. The van der Waals surface area contributed by atoms with Gasteiger partial charge in [-0.05, 0) is 123 Å². The molecule has 0 aliphatic heterocycles. The second kappa shape index (κ2) is 14.9. The molecule has 0 amide bonds. The van der Waals surface area contributed by atoms with Crippen molar-refractivity contribution in [3.8, 4) is 33.9 Å². The summed E-state index contributed by atoms with van der Waals surface area (Å²) in [4.78, 5) is 12.2. The number of pyridine rings is 2. The zero-order chi connectivity index (χ0) is 40.8. The lowest BCUT2D eigenvalue weighted by molar-refractivity contribution is 0.481. The number of hydrogen-bond donors (Lipinski definition) is 0. The first kappa shape index (κ1) is 37.8. The van der Waals surface area contributed by atoms with Gasteiger partial charge in [0.15, 0.2) is 0 Å². The molecule has 0 atom stereocenters. The molecular weight excluding hydrogens is 719 g/mol. The summed E-state index contributed by atoms with van der Waals surface area (Å²) < 4.78 is 6.81. The molecule has 2 heterocycles. The largest absolute Gasteiger partial charge is 0.457 e. The fourth-order valence-corrected chi connectivity index (χ4v) is 8.54. The fraction of sp³-hybridized carbons (Fsp3) is 0.164. The highest BCUT2D eigenvalue weighted by Crippen LogP contribution is 2.57. The minimum absolute atomic E-state index is 0.0397. The average molecular weight is 768 g/mol. The van der Waals surface area contributed by atoms with Crippen molar-refractivity contribution >= 4 is 17.1 Å². The Labute approximate surface area is 348 Å². The summed E-state index contributed by atoms with van der Waals surface area (Å²) in [5, 5.41) is 0. The highest BCUT2D eigenvalue weighted by Gasteiger charge is 2.48. The SMILES string of the molecule is CC(C)(C)c1ccc2c(c1)C(c1cccc(Oc3cccc(-c4cc(N(c5ccccc5)c5ccccc5)ccn4)c3)c1)(c1ccccn1)c1cc(C(C)(C)C)ccc1-2. The molecule has 4 nitrogen and oxygen atoms in total. The van der Waals surface area contributed by atoms with Crippen molar-refractivity contribution < 1.29 is 4.74 Å². The lowest BCUT2D eigenvalue weighted by Crippen LogP contribution is -2.30. The number of nitrogens with zero attached hydrogens (tertiary/aromatic N) is 3. The van der Waals surface area contributed by atoms with Crippen LogP contribution in [0.3, 0.4) is 0 Å². The zero-order valence-electron chi connectivity index (χ0n) is 34.6. The molecule has 0 fully saturated rings. The monoisotopic (exact) mass is 767 g/mol. The maximum atomic E-state index is 6.81. The average Bonchev–Trinajstić information content (AvgIpc) is 3.55. The Morgan fingerprint density at radius 1 is 0.458 bits per heavy atom. The van der Waals surface area contributed by atoms with Crippen molar-refractivity contribution in [2.45, 2.75) is 57.8 Å². The van der Waals surface area contributed by atoms with E-state index in [1.165, 1.54) is 33.4 Å². The number of benzene rings is 6. The van der Waals surface area contributed by atoms with Gasteiger partial charge in [-0.25, -0.2) is 0 Å².